The van der Waals surface area contributed by atoms with Gasteiger partial charge in [-0.15, -0.1) is 6.58 Å². The molecule has 0 radical (unpaired) electrons. The molecule has 184 valence electrons. The maximum Gasteiger partial charge on any atom is 0.312 e. The quantitative estimate of drug-likeness (QED) is 0.295. The third-order valence-corrected chi connectivity index (χ3v) is 7.98. The van der Waals surface area contributed by atoms with Crippen LogP contribution in [0.5, 0.6) is 0 Å². The van der Waals surface area contributed by atoms with Crippen LogP contribution in [0, 0.1) is 11.8 Å². The van der Waals surface area contributed by atoms with E-state index in [-0.39, 0.29) is 36.4 Å². The van der Waals surface area contributed by atoms with Crippen LogP contribution in [0.4, 0.5) is 0 Å². The van der Waals surface area contributed by atoms with Gasteiger partial charge in [-0.05, 0) is 25.8 Å². The van der Waals surface area contributed by atoms with Gasteiger partial charge in [-0.25, -0.2) is 0 Å². The minimum Gasteiger partial charge on any atom is -0.466 e. The van der Waals surface area contributed by atoms with Gasteiger partial charge in [0.25, 0.3) is 0 Å². The minimum absolute atomic E-state index is 0.187. The van der Waals surface area contributed by atoms with Crippen molar-refractivity contribution < 1.29 is 29.0 Å². The van der Waals surface area contributed by atoms with E-state index in [0.29, 0.717) is 13.0 Å². The third kappa shape index (κ3) is 3.87. The summed E-state index contributed by atoms with van der Waals surface area (Å²) in [7, 11) is 0. The number of likely N-dealkylation sites (tertiary alicyclic amines) is 1. The molecule has 3 heterocycles. The number of hydrogen-bond acceptors (Lipinski definition) is 6. The number of hydrogen-bond donors (Lipinski definition) is 1. The first-order valence-corrected chi connectivity index (χ1v) is 12.6. The summed E-state index contributed by atoms with van der Waals surface area (Å²) in [5.74, 6) is -2.77. The highest BCUT2D eigenvalue weighted by Crippen LogP contribution is 2.60. The fourth-order valence-electron chi connectivity index (χ4n) is 5.78. The van der Waals surface area contributed by atoms with E-state index in [4.69, 9.17) is 9.47 Å². The Kier molecular flexibility index (Phi) is 7.17. The highest BCUT2D eigenvalue weighted by atomic mass is 79.9. The van der Waals surface area contributed by atoms with Crippen molar-refractivity contribution in [2.45, 2.75) is 55.4 Å². The van der Waals surface area contributed by atoms with Gasteiger partial charge in [0.2, 0.25) is 11.8 Å². The van der Waals surface area contributed by atoms with Gasteiger partial charge >= 0.3 is 5.97 Å². The Morgan fingerprint density at radius 3 is 2.74 bits per heavy atom. The van der Waals surface area contributed by atoms with Crippen LogP contribution in [-0.2, 0) is 30.4 Å². The summed E-state index contributed by atoms with van der Waals surface area (Å²) in [6, 6.07) is 7.98. The molecule has 0 aromatic heterocycles. The summed E-state index contributed by atoms with van der Waals surface area (Å²) in [4.78, 5) is 43.7. The monoisotopic (exact) mass is 534 g/mol. The summed E-state index contributed by atoms with van der Waals surface area (Å²) in [6.45, 7) is 7.70. The molecule has 3 aliphatic rings. The van der Waals surface area contributed by atoms with E-state index in [0.717, 1.165) is 5.56 Å². The van der Waals surface area contributed by atoms with Gasteiger partial charge in [0.15, 0.2) is 0 Å². The lowest BCUT2D eigenvalue weighted by Gasteiger charge is -2.38. The number of ether oxygens (including phenoxy) is 2. The predicted octanol–water partition coefficient (Wildman–Crippen LogP) is 1.89. The van der Waals surface area contributed by atoms with Crippen LogP contribution in [-0.4, -0.2) is 81.1 Å². The molecule has 3 saturated heterocycles. The van der Waals surface area contributed by atoms with Crippen molar-refractivity contribution in [2.75, 3.05) is 19.8 Å². The number of fused-ring (bicyclic) bond motifs is 1. The molecule has 3 fully saturated rings. The van der Waals surface area contributed by atoms with Crippen LogP contribution in [0.2, 0.25) is 0 Å². The lowest BCUT2D eigenvalue weighted by atomic mass is 9.70. The number of aliphatic hydroxyl groups excluding tert-OH is 1. The predicted molar refractivity (Wildman–Crippen MR) is 128 cm³/mol. The van der Waals surface area contributed by atoms with Crippen molar-refractivity contribution in [1.29, 1.82) is 0 Å². The molecule has 0 aliphatic carbocycles. The van der Waals surface area contributed by atoms with Crippen LogP contribution < -0.4 is 0 Å². The first-order valence-electron chi connectivity index (χ1n) is 11.7. The maximum atomic E-state index is 14.1. The summed E-state index contributed by atoms with van der Waals surface area (Å²) < 4.78 is 11.7. The van der Waals surface area contributed by atoms with E-state index in [1.54, 1.807) is 24.8 Å². The van der Waals surface area contributed by atoms with Gasteiger partial charge in [-0.2, -0.15) is 0 Å². The molecule has 34 heavy (non-hydrogen) atoms. The Hall–Kier alpha value is -2.23. The van der Waals surface area contributed by atoms with Crippen LogP contribution in [0.15, 0.2) is 43.0 Å². The highest BCUT2D eigenvalue weighted by molar-refractivity contribution is 9.09. The standard InChI is InChI=1S/C25H31BrN2O6/c1-4-11-27(13-16-9-7-6-8-10-16)23(31)21-25-12-17(26)20(34-25)18(24(32)33-5-2)19(25)22(30)28(21)15(3)14-29/h4,6-10,15,17-21,29H,1,5,11-14H2,2-3H3/t15-,17?,18+,19-,20+,21+,25-/m1/s1. The fraction of sp³-hybridized carbons (Fsp3) is 0.560. The number of benzene rings is 1. The Bertz CT molecular complexity index is 958. The number of amides is 2. The van der Waals surface area contributed by atoms with E-state index in [1.807, 2.05) is 30.3 Å². The number of alkyl halides is 1. The van der Waals surface area contributed by atoms with Crippen molar-refractivity contribution in [3.05, 3.63) is 48.6 Å². The number of nitrogens with zero attached hydrogens (tertiary/aromatic N) is 2. The number of carbonyl (C=O) groups excluding carboxylic acids is 3. The number of halogens is 1. The molecule has 2 amide bonds. The van der Waals surface area contributed by atoms with Crippen LogP contribution in [0.25, 0.3) is 0 Å². The zero-order valence-corrected chi connectivity index (χ0v) is 21.0. The first-order chi connectivity index (χ1) is 16.3. The Morgan fingerprint density at radius 2 is 2.12 bits per heavy atom. The topological polar surface area (TPSA) is 96.4 Å². The number of aliphatic hydroxyl groups is 1. The fourth-order valence-corrected chi connectivity index (χ4v) is 6.72. The maximum absolute atomic E-state index is 14.1. The molecule has 0 saturated carbocycles. The van der Waals surface area contributed by atoms with E-state index in [2.05, 4.69) is 22.5 Å². The Labute approximate surface area is 208 Å². The SMILES string of the molecule is C=CCN(Cc1ccccc1)C(=O)[C@@H]1N([C@H](C)CO)C(=O)[C@H]2[C@H](C(=O)OCC)[C@H]3O[C@@]12CC3Br. The largest absolute Gasteiger partial charge is 0.466 e. The molecule has 3 aliphatic heterocycles. The molecule has 2 bridgehead atoms. The van der Waals surface area contributed by atoms with Crippen molar-refractivity contribution in [2.24, 2.45) is 11.8 Å². The molecule has 1 aromatic carbocycles. The molecule has 7 atom stereocenters. The second-order valence-electron chi connectivity index (χ2n) is 9.19. The zero-order valence-electron chi connectivity index (χ0n) is 19.4. The van der Waals surface area contributed by atoms with Gasteiger partial charge in [-0.1, -0.05) is 52.3 Å². The van der Waals surface area contributed by atoms with Crippen molar-refractivity contribution >= 4 is 33.7 Å². The van der Waals surface area contributed by atoms with E-state index in [1.165, 1.54) is 4.90 Å². The molecule has 4 rings (SSSR count). The first kappa shape index (κ1) is 24.9. The molecular formula is C25H31BrN2O6. The molecule has 1 spiro atoms. The van der Waals surface area contributed by atoms with Gasteiger partial charge in [0.1, 0.15) is 11.6 Å². The number of rotatable bonds is 9. The van der Waals surface area contributed by atoms with Gasteiger partial charge < -0.3 is 24.4 Å². The van der Waals surface area contributed by atoms with Gasteiger partial charge in [0, 0.05) is 17.9 Å². The summed E-state index contributed by atoms with van der Waals surface area (Å²) in [6.07, 6.45) is 1.49. The summed E-state index contributed by atoms with van der Waals surface area (Å²) >= 11 is 3.63. The molecule has 1 aromatic rings. The van der Waals surface area contributed by atoms with Crippen molar-refractivity contribution in [3.63, 3.8) is 0 Å². The number of esters is 1. The van der Waals surface area contributed by atoms with E-state index >= 15 is 0 Å². The van der Waals surface area contributed by atoms with Crippen LogP contribution in [0.3, 0.4) is 0 Å². The smallest absolute Gasteiger partial charge is 0.312 e. The van der Waals surface area contributed by atoms with Crippen molar-refractivity contribution in [1.82, 2.24) is 9.80 Å². The molecule has 1 unspecified atom stereocenters. The second kappa shape index (κ2) is 9.79. The lowest BCUT2D eigenvalue weighted by molar-refractivity contribution is -0.156. The minimum atomic E-state index is -1.18. The average molecular weight is 535 g/mol. The molecular weight excluding hydrogens is 504 g/mol. The normalized spacial score (nSPS) is 32.4. The Morgan fingerprint density at radius 1 is 1.41 bits per heavy atom. The molecule has 8 nitrogen and oxygen atoms in total. The van der Waals surface area contributed by atoms with Crippen LogP contribution >= 0.6 is 15.9 Å². The highest BCUT2D eigenvalue weighted by Gasteiger charge is 2.77. The van der Waals surface area contributed by atoms with Crippen LogP contribution in [0.1, 0.15) is 25.8 Å². The Balaban J connectivity index is 1.76. The van der Waals surface area contributed by atoms with E-state index in [9.17, 15) is 19.5 Å². The summed E-state index contributed by atoms with van der Waals surface area (Å²) in [5, 5.41) is 9.95. The van der Waals surface area contributed by atoms with E-state index < -0.39 is 41.6 Å². The van der Waals surface area contributed by atoms with Gasteiger partial charge in [0.05, 0.1) is 37.2 Å². The molecule has 1 N–H and O–H groups in total. The second-order valence-corrected chi connectivity index (χ2v) is 10.4. The third-order valence-electron chi connectivity index (χ3n) is 7.14. The van der Waals surface area contributed by atoms with Gasteiger partial charge in [-0.3, -0.25) is 14.4 Å². The zero-order chi connectivity index (χ0) is 24.6. The number of carbonyl (C=O) groups is 3. The lowest BCUT2D eigenvalue weighted by Crippen LogP contribution is -2.58. The van der Waals surface area contributed by atoms with Crippen molar-refractivity contribution in [3.8, 4) is 0 Å². The molecule has 9 heteroatoms. The summed E-state index contributed by atoms with van der Waals surface area (Å²) in [5.41, 5.74) is -0.235. The average Bonchev–Trinajstić information content (AvgIpc) is 3.42.